The van der Waals surface area contributed by atoms with Crippen LogP contribution in [0.15, 0.2) is 29.2 Å². The average Bonchev–Trinajstić information content (AvgIpc) is 2.17. The predicted octanol–water partition coefficient (Wildman–Crippen LogP) is 1.09. The Morgan fingerprint density at radius 1 is 1.64 bits per heavy atom. The number of aliphatic hydroxyl groups excluding tert-OH is 1. The minimum absolute atomic E-state index is 0.0632. The molecule has 1 atom stereocenters. The van der Waals surface area contributed by atoms with Gasteiger partial charge in [-0.2, -0.15) is 0 Å². The summed E-state index contributed by atoms with van der Waals surface area (Å²) in [5.41, 5.74) is 0.554. The molecule has 1 unspecified atom stereocenters. The van der Waals surface area contributed by atoms with Crippen LogP contribution in [0.2, 0.25) is 0 Å². The smallest absolute Gasteiger partial charge is 0.251 e. The van der Waals surface area contributed by atoms with Crippen molar-refractivity contribution in [3.8, 4) is 0 Å². The number of nitrogens with one attached hydrogen (secondary N) is 1. The van der Waals surface area contributed by atoms with E-state index in [1.807, 2.05) is 0 Å². The first kappa shape index (κ1) is 11.1. The molecule has 0 radical (unpaired) electrons. The van der Waals surface area contributed by atoms with Crippen LogP contribution in [0, 0.1) is 0 Å². The second kappa shape index (κ2) is 5.02. The lowest BCUT2D eigenvalue weighted by Gasteiger charge is -2.10. The summed E-state index contributed by atoms with van der Waals surface area (Å²) in [5, 5.41) is 11.4. The Labute approximate surface area is 88.6 Å². The average molecular weight is 211 g/mol. The van der Waals surface area contributed by atoms with Gasteiger partial charge in [0.05, 0.1) is 6.61 Å². The highest BCUT2D eigenvalue weighted by molar-refractivity contribution is 7.80. The number of hydrogen-bond acceptors (Lipinski definition) is 3. The van der Waals surface area contributed by atoms with E-state index in [-0.39, 0.29) is 18.6 Å². The molecule has 2 N–H and O–H groups in total. The summed E-state index contributed by atoms with van der Waals surface area (Å²) in [6.07, 6.45) is 0. The Bertz CT molecular complexity index is 328. The maximum absolute atomic E-state index is 11.5. The standard InChI is InChI=1S/C10H13NO2S/c1-7(6-12)11-10(13)8-3-2-4-9(14)5-8/h2-5,7,12,14H,6H2,1H3,(H,11,13). The van der Waals surface area contributed by atoms with E-state index in [0.717, 1.165) is 4.90 Å². The first-order valence-corrected chi connectivity index (χ1v) is 4.79. The fraction of sp³-hybridized carbons (Fsp3) is 0.300. The number of rotatable bonds is 3. The van der Waals surface area contributed by atoms with Crippen molar-refractivity contribution in [1.29, 1.82) is 0 Å². The van der Waals surface area contributed by atoms with Gasteiger partial charge in [0.1, 0.15) is 0 Å². The van der Waals surface area contributed by atoms with Gasteiger partial charge in [0, 0.05) is 16.5 Å². The minimum Gasteiger partial charge on any atom is -0.394 e. The lowest BCUT2D eigenvalue weighted by Crippen LogP contribution is -2.34. The van der Waals surface area contributed by atoms with Gasteiger partial charge in [0.15, 0.2) is 0 Å². The van der Waals surface area contributed by atoms with Crippen LogP contribution in [0.5, 0.6) is 0 Å². The Kier molecular flexibility index (Phi) is 3.98. The van der Waals surface area contributed by atoms with Crippen molar-refractivity contribution in [2.45, 2.75) is 17.9 Å². The van der Waals surface area contributed by atoms with Crippen LogP contribution in [0.25, 0.3) is 0 Å². The first-order valence-electron chi connectivity index (χ1n) is 4.34. The first-order chi connectivity index (χ1) is 6.63. The molecular formula is C10H13NO2S. The summed E-state index contributed by atoms with van der Waals surface area (Å²) in [7, 11) is 0. The molecule has 1 aromatic carbocycles. The Balaban J connectivity index is 2.70. The van der Waals surface area contributed by atoms with Gasteiger partial charge in [0.2, 0.25) is 0 Å². The van der Waals surface area contributed by atoms with E-state index in [4.69, 9.17) is 5.11 Å². The molecule has 0 aliphatic carbocycles. The van der Waals surface area contributed by atoms with Gasteiger partial charge in [0.25, 0.3) is 5.91 Å². The molecule has 76 valence electrons. The van der Waals surface area contributed by atoms with Crippen molar-refractivity contribution in [3.63, 3.8) is 0 Å². The SMILES string of the molecule is CC(CO)NC(=O)c1cccc(S)c1. The maximum atomic E-state index is 11.5. The lowest BCUT2D eigenvalue weighted by atomic mass is 10.2. The zero-order chi connectivity index (χ0) is 10.6. The van der Waals surface area contributed by atoms with Crippen molar-refractivity contribution in [1.82, 2.24) is 5.32 Å². The van der Waals surface area contributed by atoms with E-state index >= 15 is 0 Å². The van der Waals surface area contributed by atoms with Gasteiger partial charge in [-0.15, -0.1) is 12.6 Å². The molecule has 0 saturated carbocycles. The molecule has 4 heteroatoms. The third-order valence-corrected chi connectivity index (χ3v) is 2.04. The molecule has 0 aromatic heterocycles. The molecule has 1 amide bonds. The number of carbonyl (C=O) groups excluding carboxylic acids is 1. The molecule has 3 nitrogen and oxygen atoms in total. The zero-order valence-electron chi connectivity index (χ0n) is 7.90. The van der Waals surface area contributed by atoms with E-state index in [1.54, 1.807) is 31.2 Å². The molecule has 0 bridgehead atoms. The van der Waals surface area contributed by atoms with Gasteiger partial charge >= 0.3 is 0 Å². The number of thiol groups is 1. The van der Waals surface area contributed by atoms with Crippen molar-refractivity contribution < 1.29 is 9.90 Å². The summed E-state index contributed by atoms with van der Waals surface area (Å²) in [4.78, 5) is 12.3. The molecule has 0 aliphatic heterocycles. The number of amides is 1. The molecule has 0 fully saturated rings. The van der Waals surface area contributed by atoms with Crippen LogP contribution in [0.1, 0.15) is 17.3 Å². The summed E-state index contributed by atoms with van der Waals surface area (Å²) < 4.78 is 0. The molecule has 0 heterocycles. The number of hydrogen-bond donors (Lipinski definition) is 3. The molecule has 1 rings (SSSR count). The highest BCUT2D eigenvalue weighted by Gasteiger charge is 2.08. The highest BCUT2D eigenvalue weighted by Crippen LogP contribution is 2.08. The van der Waals surface area contributed by atoms with E-state index in [9.17, 15) is 4.79 Å². The molecule has 1 aromatic rings. The molecule has 0 aliphatic rings. The summed E-state index contributed by atoms with van der Waals surface area (Å²) in [6.45, 7) is 1.68. The fourth-order valence-electron chi connectivity index (χ4n) is 1.000. The van der Waals surface area contributed by atoms with Crippen molar-refractivity contribution >= 4 is 18.5 Å². The van der Waals surface area contributed by atoms with Crippen molar-refractivity contribution in [2.24, 2.45) is 0 Å². The van der Waals surface area contributed by atoms with Gasteiger partial charge in [-0.1, -0.05) is 6.07 Å². The van der Waals surface area contributed by atoms with E-state index in [1.165, 1.54) is 0 Å². The van der Waals surface area contributed by atoms with Crippen molar-refractivity contribution in [2.75, 3.05) is 6.61 Å². The quantitative estimate of drug-likeness (QED) is 0.655. The summed E-state index contributed by atoms with van der Waals surface area (Å²) >= 11 is 4.13. The lowest BCUT2D eigenvalue weighted by molar-refractivity contribution is 0.0922. The number of aliphatic hydroxyl groups is 1. The predicted molar refractivity (Wildman–Crippen MR) is 57.7 cm³/mol. The summed E-state index contributed by atoms with van der Waals surface area (Å²) in [6, 6.07) is 6.73. The Morgan fingerprint density at radius 2 is 2.36 bits per heavy atom. The van der Waals surface area contributed by atoms with Crippen LogP contribution < -0.4 is 5.32 Å². The van der Waals surface area contributed by atoms with Crippen LogP contribution >= 0.6 is 12.6 Å². The van der Waals surface area contributed by atoms with E-state index in [2.05, 4.69) is 17.9 Å². The van der Waals surface area contributed by atoms with Gasteiger partial charge in [-0.25, -0.2) is 0 Å². The van der Waals surface area contributed by atoms with Crippen LogP contribution in [-0.4, -0.2) is 23.7 Å². The maximum Gasteiger partial charge on any atom is 0.251 e. The number of benzene rings is 1. The highest BCUT2D eigenvalue weighted by atomic mass is 32.1. The zero-order valence-corrected chi connectivity index (χ0v) is 8.79. The second-order valence-electron chi connectivity index (χ2n) is 3.11. The van der Waals surface area contributed by atoms with Crippen LogP contribution in [0.3, 0.4) is 0 Å². The molecular weight excluding hydrogens is 198 g/mol. The van der Waals surface area contributed by atoms with Crippen molar-refractivity contribution in [3.05, 3.63) is 29.8 Å². The largest absolute Gasteiger partial charge is 0.394 e. The third kappa shape index (κ3) is 3.05. The molecule has 0 spiro atoms. The monoisotopic (exact) mass is 211 g/mol. The van der Waals surface area contributed by atoms with Crippen LogP contribution in [-0.2, 0) is 0 Å². The van der Waals surface area contributed by atoms with Crippen LogP contribution in [0.4, 0.5) is 0 Å². The summed E-state index contributed by atoms with van der Waals surface area (Å²) in [5.74, 6) is -0.192. The topological polar surface area (TPSA) is 49.3 Å². The van der Waals surface area contributed by atoms with E-state index in [0.29, 0.717) is 5.56 Å². The minimum atomic E-state index is -0.230. The second-order valence-corrected chi connectivity index (χ2v) is 3.62. The van der Waals surface area contributed by atoms with Gasteiger partial charge < -0.3 is 10.4 Å². The molecule has 14 heavy (non-hydrogen) atoms. The molecule has 0 saturated heterocycles. The van der Waals surface area contributed by atoms with Gasteiger partial charge in [-0.05, 0) is 25.1 Å². The Hall–Kier alpha value is -1.00. The normalized spacial score (nSPS) is 12.2. The fourth-order valence-corrected chi connectivity index (χ4v) is 1.23. The number of carbonyl (C=O) groups is 1. The van der Waals surface area contributed by atoms with E-state index < -0.39 is 0 Å². The Morgan fingerprint density at radius 3 is 2.93 bits per heavy atom. The third-order valence-electron chi connectivity index (χ3n) is 1.76. The van der Waals surface area contributed by atoms with Gasteiger partial charge in [-0.3, -0.25) is 4.79 Å².